The first-order valence-electron chi connectivity index (χ1n) is 4.87. The lowest BCUT2D eigenvalue weighted by atomic mass is 10.2. The summed E-state index contributed by atoms with van der Waals surface area (Å²) in [4.78, 5) is 8.05. The predicted molar refractivity (Wildman–Crippen MR) is 62.9 cm³/mol. The van der Waals surface area contributed by atoms with E-state index >= 15 is 0 Å². The van der Waals surface area contributed by atoms with Crippen molar-refractivity contribution in [1.82, 2.24) is 10.1 Å². The lowest BCUT2D eigenvalue weighted by Crippen LogP contribution is -1.83. The number of rotatable bonds is 3. The highest BCUT2D eigenvalue weighted by Crippen LogP contribution is 2.19. The number of aromatic nitrogens is 2. The molecule has 80 valence electrons. The molecule has 0 radical (unpaired) electrons. The van der Waals surface area contributed by atoms with E-state index in [1.807, 2.05) is 37.3 Å². The van der Waals surface area contributed by atoms with E-state index in [9.17, 15) is 0 Å². The molecular weight excluding hydrogens is 202 g/mol. The SMILES string of the molecule is C=NC(=CC)c1noc(-c2ccccc2)n1. The van der Waals surface area contributed by atoms with Crippen molar-refractivity contribution < 1.29 is 4.52 Å². The van der Waals surface area contributed by atoms with Gasteiger partial charge >= 0.3 is 0 Å². The van der Waals surface area contributed by atoms with Crippen molar-refractivity contribution in [3.05, 3.63) is 42.2 Å². The van der Waals surface area contributed by atoms with Gasteiger partial charge < -0.3 is 4.52 Å². The van der Waals surface area contributed by atoms with Crippen LogP contribution in [0, 0.1) is 0 Å². The molecule has 0 bridgehead atoms. The minimum atomic E-state index is 0.455. The van der Waals surface area contributed by atoms with E-state index in [1.165, 1.54) is 0 Å². The normalized spacial score (nSPS) is 11.4. The van der Waals surface area contributed by atoms with Crippen LogP contribution in [0.15, 0.2) is 45.9 Å². The fraction of sp³-hybridized carbons (Fsp3) is 0.0833. The van der Waals surface area contributed by atoms with E-state index in [4.69, 9.17) is 4.52 Å². The van der Waals surface area contributed by atoms with Crippen LogP contribution in [0.5, 0.6) is 0 Å². The summed E-state index contributed by atoms with van der Waals surface area (Å²) in [6.07, 6.45) is 1.78. The highest BCUT2D eigenvalue weighted by molar-refractivity contribution is 5.64. The zero-order valence-electron chi connectivity index (χ0n) is 8.92. The second-order valence-electron chi connectivity index (χ2n) is 3.12. The van der Waals surface area contributed by atoms with Gasteiger partial charge in [0.15, 0.2) is 0 Å². The van der Waals surface area contributed by atoms with Crippen LogP contribution >= 0.6 is 0 Å². The van der Waals surface area contributed by atoms with Crippen LogP contribution in [0.25, 0.3) is 17.2 Å². The molecule has 1 heterocycles. The van der Waals surface area contributed by atoms with Crippen LogP contribution in [0.1, 0.15) is 12.7 Å². The summed E-state index contributed by atoms with van der Waals surface area (Å²) in [5.41, 5.74) is 1.51. The third-order valence-corrected chi connectivity index (χ3v) is 2.12. The molecule has 1 aromatic heterocycles. The summed E-state index contributed by atoms with van der Waals surface area (Å²) < 4.78 is 5.15. The van der Waals surface area contributed by atoms with Crippen molar-refractivity contribution in [3.63, 3.8) is 0 Å². The molecule has 0 saturated carbocycles. The van der Waals surface area contributed by atoms with E-state index < -0.39 is 0 Å². The molecule has 16 heavy (non-hydrogen) atoms. The first-order valence-corrected chi connectivity index (χ1v) is 4.87. The summed E-state index contributed by atoms with van der Waals surface area (Å²) >= 11 is 0. The molecule has 0 amide bonds. The lowest BCUT2D eigenvalue weighted by Gasteiger charge is -1.91. The maximum absolute atomic E-state index is 5.15. The zero-order valence-corrected chi connectivity index (χ0v) is 8.92. The van der Waals surface area contributed by atoms with E-state index in [2.05, 4.69) is 21.9 Å². The summed E-state index contributed by atoms with van der Waals surface area (Å²) in [6.45, 7) is 5.30. The van der Waals surface area contributed by atoms with E-state index in [0.29, 0.717) is 17.4 Å². The molecule has 0 aliphatic carbocycles. The minimum absolute atomic E-state index is 0.455. The Morgan fingerprint density at radius 3 is 2.75 bits per heavy atom. The van der Waals surface area contributed by atoms with Gasteiger partial charge in [-0.2, -0.15) is 4.98 Å². The Labute approximate surface area is 93.3 Å². The van der Waals surface area contributed by atoms with Crippen molar-refractivity contribution in [2.45, 2.75) is 6.92 Å². The number of aliphatic imine (C=N–C) groups is 1. The number of nitrogens with zero attached hydrogens (tertiary/aromatic N) is 3. The Morgan fingerprint density at radius 1 is 1.38 bits per heavy atom. The van der Waals surface area contributed by atoms with Gasteiger partial charge in [-0.1, -0.05) is 29.4 Å². The van der Waals surface area contributed by atoms with Gasteiger partial charge in [-0.3, -0.25) is 4.99 Å². The van der Waals surface area contributed by atoms with E-state index in [1.54, 1.807) is 6.08 Å². The molecule has 4 nitrogen and oxygen atoms in total. The summed E-state index contributed by atoms with van der Waals surface area (Å²) in [6, 6.07) is 9.59. The number of benzene rings is 1. The first kappa shape index (κ1) is 10.3. The smallest absolute Gasteiger partial charge is 0.258 e. The van der Waals surface area contributed by atoms with Crippen molar-refractivity contribution >= 4 is 12.4 Å². The molecular formula is C12H11N3O. The Balaban J connectivity index is 2.37. The fourth-order valence-electron chi connectivity index (χ4n) is 1.32. The van der Waals surface area contributed by atoms with Gasteiger partial charge in [-0.15, -0.1) is 0 Å². The van der Waals surface area contributed by atoms with Crippen LogP contribution < -0.4 is 0 Å². The molecule has 0 aliphatic heterocycles. The quantitative estimate of drug-likeness (QED) is 0.736. The van der Waals surface area contributed by atoms with Gasteiger partial charge in [0.25, 0.3) is 5.89 Å². The molecule has 0 atom stereocenters. The average molecular weight is 213 g/mol. The van der Waals surface area contributed by atoms with Crippen molar-refractivity contribution in [1.29, 1.82) is 0 Å². The van der Waals surface area contributed by atoms with E-state index in [-0.39, 0.29) is 0 Å². The highest BCUT2D eigenvalue weighted by atomic mass is 16.5. The van der Waals surface area contributed by atoms with Crippen molar-refractivity contribution in [3.8, 4) is 11.5 Å². The molecule has 1 aromatic carbocycles. The summed E-state index contributed by atoms with van der Waals surface area (Å²) in [7, 11) is 0. The van der Waals surface area contributed by atoms with Crippen molar-refractivity contribution in [2.24, 2.45) is 4.99 Å². The maximum atomic E-state index is 5.15. The Kier molecular flexibility index (Phi) is 2.91. The number of hydrogen-bond acceptors (Lipinski definition) is 4. The second kappa shape index (κ2) is 4.53. The van der Waals surface area contributed by atoms with Gasteiger partial charge in [0.2, 0.25) is 5.82 Å². The van der Waals surface area contributed by atoms with Gasteiger partial charge in [-0.25, -0.2) is 0 Å². The fourth-order valence-corrected chi connectivity index (χ4v) is 1.32. The summed E-state index contributed by atoms with van der Waals surface area (Å²) in [5, 5.41) is 3.85. The predicted octanol–water partition coefficient (Wildman–Crippen LogP) is 2.80. The Morgan fingerprint density at radius 2 is 2.12 bits per heavy atom. The first-order chi connectivity index (χ1) is 7.85. The molecule has 0 aliphatic rings. The highest BCUT2D eigenvalue weighted by Gasteiger charge is 2.10. The Hall–Kier alpha value is -2.23. The van der Waals surface area contributed by atoms with Gasteiger partial charge in [0.1, 0.15) is 5.70 Å². The van der Waals surface area contributed by atoms with Gasteiger partial charge in [0.05, 0.1) is 0 Å². The third kappa shape index (κ3) is 1.91. The maximum Gasteiger partial charge on any atom is 0.258 e. The monoisotopic (exact) mass is 213 g/mol. The second-order valence-corrected chi connectivity index (χ2v) is 3.12. The lowest BCUT2D eigenvalue weighted by molar-refractivity contribution is 0.428. The van der Waals surface area contributed by atoms with Gasteiger partial charge in [0, 0.05) is 5.56 Å². The molecule has 4 heteroatoms. The number of hydrogen-bond donors (Lipinski definition) is 0. The molecule has 2 aromatic rings. The summed E-state index contributed by atoms with van der Waals surface area (Å²) in [5.74, 6) is 0.940. The molecule has 0 unspecified atom stereocenters. The van der Waals surface area contributed by atoms with Crippen LogP contribution in [0.3, 0.4) is 0 Å². The molecule has 0 saturated heterocycles. The topological polar surface area (TPSA) is 51.3 Å². The van der Waals surface area contributed by atoms with Gasteiger partial charge in [-0.05, 0) is 25.8 Å². The van der Waals surface area contributed by atoms with Crippen LogP contribution in [0.4, 0.5) is 0 Å². The largest absolute Gasteiger partial charge is 0.334 e. The molecule has 2 rings (SSSR count). The molecule has 0 spiro atoms. The average Bonchev–Trinajstić information content (AvgIpc) is 2.81. The van der Waals surface area contributed by atoms with Crippen LogP contribution in [0.2, 0.25) is 0 Å². The minimum Gasteiger partial charge on any atom is -0.334 e. The molecule has 0 fully saturated rings. The zero-order chi connectivity index (χ0) is 11.4. The number of allylic oxidation sites excluding steroid dienone is 1. The standard InChI is InChI=1S/C12H11N3O/c1-3-10(13-2)11-14-12(16-15-11)9-7-5-4-6-8-9/h3-8H,2H2,1H3. The van der Waals surface area contributed by atoms with Crippen LogP contribution in [-0.4, -0.2) is 16.9 Å². The molecule has 0 N–H and O–H groups in total. The third-order valence-electron chi connectivity index (χ3n) is 2.12. The van der Waals surface area contributed by atoms with E-state index in [0.717, 1.165) is 5.56 Å². The van der Waals surface area contributed by atoms with Crippen LogP contribution in [-0.2, 0) is 0 Å². The Bertz CT molecular complexity index is 514. The van der Waals surface area contributed by atoms with Crippen molar-refractivity contribution in [2.75, 3.05) is 0 Å².